The van der Waals surface area contributed by atoms with Gasteiger partial charge in [0, 0.05) is 55.0 Å². The summed E-state index contributed by atoms with van der Waals surface area (Å²) in [5.41, 5.74) is 5.22. The van der Waals surface area contributed by atoms with Crippen LogP contribution in [-0.2, 0) is 11.3 Å². The second-order valence-corrected chi connectivity index (χ2v) is 11.3. The molecule has 5 rings (SSSR count). The molecule has 0 saturated carbocycles. The van der Waals surface area contributed by atoms with Crippen molar-refractivity contribution >= 4 is 22.7 Å². The Kier molecular flexibility index (Phi) is 9.52. The molecule has 2 amide bonds. The molecule has 6 nitrogen and oxygen atoms in total. The Hall–Kier alpha value is -3.90. The van der Waals surface area contributed by atoms with Crippen molar-refractivity contribution in [1.82, 2.24) is 19.7 Å². The number of benzene rings is 3. The van der Waals surface area contributed by atoms with Crippen molar-refractivity contribution in [2.75, 3.05) is 40.3 Å². The molecule has 214 valence electrons. The maximum atomic E-state index is 14.2. The summed E-state index contributed by atoms with van der Waals surface area (Å²) < 4.78 is 2.25. The van der Waals surface area contributed by atoms with Gasteiger partial charge in [0.25, 0.3) is 5.91 Å². The summed E-state index contributed by atoms with van der Waals surface area (Å²) in [6.07, 6.45) is 4.36. The summed E-state index contributed by atoms with van der Waals surface area (Å²) in [4.78, 5) is 30.4. The second kappa shape index (κ2) is 13.6. The maximum absolute atomic E-state index is 14.2. The molecule has 6 heteroatoms. The fourth-order valence-electron chi connectivity index (χ4n) is 6.11. The third-order valence-electron chi connectivity index (χ3n) is 8.08. The van der Waals surface area contributed by atoms with Crippen LogP contribution in [0.15, 0.2) is 84.9 Å². The number of amides is 2. The number of carbonyl (C=O) groups is 2. The van der Waals surface area contributed by atoms with Crippen molar-refractivity contribution in [3.8, 4) is 0 Å². The summed E-state index contributed by atoms with van der Waals surface area (Å²) in [5, 5.41) is 4.36. The third-order valence-corrected chi connectivity index (χ3v) is 8.08. The van der Waals surface area contributed by atoms with E-state index in [0.717, 1.165) is 78.6 Å². The highest BCUT2D eigenvalue weighted by molar-refractivity contribution is 6.02. The van der Waals surface area contributed by atoms with Gasteiger partial charge in [-0.15, -0.1) is 0 Å². The lowest BCUT2D eigenvalue weighted by Crippen LogP contribution is -2.32. The van der Waals surface area contributed by atoms with Crippen LogP contribution in [0.25, 0.3) is 10.9 Å². The third kappa shape index (κ3) is 6.71. The molecule has 1 aliphatic rings. The van der Waals surface area contributed by atoms with Crippen molar-refractivity contribution in [2.24, 2.45) is 0 Å². The molecule has 1 aliphatic heterocycles. The number of likely N-dealkylation sites (tertiary alicyclic amines) is 1. The van der Waals surface area contributed by atoms with E-state index >= 15 is 0 Å². The van der Waals surface area contributed by atoms with Crippen LogP contribution in [0.2, 0.25) is 0 Å². The van der Waals surface area contributed by atoms with Gasteiger partial charge in [0.05, 0.1) is 0 Å². The van der Waals surface area contributed by atoms with Gasteiger partial charge in [0.2, 0.25) is 5.91 Å². The van der Waals surface area contributed by atoms with Crippen LogP contribution in [-0.4, -0.2) is 66.5 Å². The summed E-state index contributed by atoms with van der Waals surface area (Å²) in [7, 11) is 4.20. The number of para-hydroxylation sites is 1. The summed E-state index contributed by atoms with van der Waals surface area (Å²) in [6.45, 7) is 3.84. The van der Waals surface area contributed by atoms with E-state index in [1.807, 2.05) is 17.0 Å². The molecule has 4 aromatic rings. The Labute approximate surface area is 244 Å². The van der Waals surface area contributed by atoms with E-state index in [-0.39, 0.29) is 17.7 Å². The number of nitrogens with zero attached hydrogens (tertiary/aromatic N) is 3. The van der Waals surface area contributed by atoms with Gasteiger partial charge in [-0.05, 0) is 63.5 Å². The molecule has 0 radical (unpaired) electrons. The predicted octanol–water partition coefficient (Wildman–Crippen LogP) is 5.91. The van der Waals surface area contributed by atoms with E-state index in [0.29, 0.717) is 19.5 Å². The average Bonchev–Trinajstić information content (AvgIpc) is 3.55. The van der Waals surface area contributed by atoms with Gasteiger partial charge in [-0.25, -0.2) is 0 Å². The fourth-order valence-corrected chi connectivity index (χ4v) is 6.11. The van der Waals surface area contributed by atoms with Gasteiger partial charge in [-0.3, -0.25) is 9.59 Å². The molecule has 0 unspecified atom stereocenters. The molecular formula is C35H42N4O2. The van der Waals surface area contributed by atoms with E-state index < -0.39 is 0 Å². The lowest BCUT2D eigenvalue weighted by atomic mass is 9.83. The first kappa shape index (κ1) is 28.6. The summed E-state index contributed by atoms with van der Waals surface area (Å²) in [5.74, 6) is 0.0896. The predicted molar refractivity (Wildman–Crippen MR) is 166 cm³/mol. The minimum Gasteiger partial charge on any atom is -0.351 e. The Balaban J connectivity index is 1.55. The average molecular weight is 551 g/mol. The highest BCUT2D eigenvalue weighted by Crippen LogP contribution is 2.40. The topological polar surface area (TPSA) is 57.6 Å². The Morgan fingerprint density at radius 3 is 2.15 bits per heavy atom. The number of hydrogen-bond acceptors (Lipinski definition) is 3. The molecule has 0 aliphatic carbocycles. The molecule has 0 atom stereocenters. The number of aromatic nitrogens is 1. The number of aryl methyl sites for hydroxylation is 1. The highest BCUT2D eigenvalue weighted by Gasteiger charge is 2.30. The number of fused-ring (bicyclic) bond motifs is 1. The van der Waals surface area contributed by atoms with Gasteiger partial charge in [-0.1, -0.05) is 78.9 Å². The molecule has 1 N–H and O–H groups in total. The van der Waals surface area contributed by atoms with Crippen LogP contribution in [0.5, 0.6) is 0 Å². The molecule has 41 heavy (non-hydrogen) atoms. The molecule has 1 saturated heterocycles. The standard InChI is InChI=1S/C35H42N4O2/c1-37(2)23-11-12-26-39-30-20-10-9-19-29(30)33(32(27-15-5-3-6-16-27)28-17-7-4-8-18-28)34(39)35(41)36-22-14-25-38-24-13-21-31(38)40/h3-10,15-20,32H,11-14,21-26H2,1-2H3,(H,36,41). The lowest BCUT2D eigenvalue weighted by Gasteiger charge is -2.21. The second-order valence-electron chi connectivity index (χ2n) is 11.3. The Morgan fingerprint density at radius 2 is 1.51 bits per heavy atom. The van der Waals surface area contributed by atoms with Crippen LogP contribution in [0.1, 0.15) is 65.2 Å². The van der Waals surface area contributed by atoms with Crippen LogP contribution < -0.4 is 5.32 Å². The normalized spacial score (nSPS) is 13.6. The molecule has 2 heterocycles. The molecular weight excluding hydrogens is 508 g/mol. The largest absolute Gasteiger partial charge is 0.351 e. The monoisotopic (exact) mass is 550 g/mol. The van der Waals surface area contributed by atoms with Crippen LogP contribution in [0, 0.1) is 0 Å². The van der Waals surface area contributed by atoms with Crippen molar-refractivity contribution in [3.05, 3.63) is 107 Å². The van der Waals surface area contributed by atoms with Gasteiger partial charge in [0.15, 0.2) is 0 Å². The Morgan fingerprint density at radius 1 is 0.854 bits per heavy atom. The van der Waals surface area contributed by atoms with Crippen molar-refractivity contribution in [1.29, 1.82) is 0 Å². The summed E-state index contributed by atoms with van der Waals surface area (Å²) in [6, 6.07) is 29.5. The zero-order valence-corrected chi connectivity index (χ0v) is 24.4. The number of rotatable bonds is 13. The van der Waals surface area contributed by atoms with E-state index in [2.05, 4.69) is 102 Å². The van der Waals surface area contributed by atoms with Gasteiger partial charge < -0.3 is 19.7 Å². The fraction of sp³-hybridized carbons (Fsp3) is 0.371. The van der Waals surface area contributed by atoms with E-state index in [1.54, 1.807) is 0 Å². The zero-order valence-electron chi connectivity index (χ0n) is 24.4. The summed E-state index contributed by atoms with van der Waals surface area (Å²) >= 11 is 0. The van der Waals surface area contributed by atoms with Crippen LogP contribution >= 0.6 is 0 Å². The molecule has 1 aromatic heterocycles. The van der Waals surface area contributed by atoms with E-state index in [4.69, 9.17) is 0 Å². The minimum absolute atomic E-state index is 0.0478. The van der Waals surface area contributed by atoms with Crippen LogP contribution in [0.3, 0.4) is 0 Å². The lowest BCUT2D eigenvalue weighted by molar-refractivity contribution is -0.127. The van der Waals surface area contributed by atoms with Gasteiger partial charge in [0.1, 0.15) is 5.69 Å². The first-order valence-corrected chi connectivity index (χ1v) is 15.0. The molecule has 0 bridgehead atoms. The number of unbranched alkanes of at least 4 members (excludes halogenated alkanes) is 1. The minimum atomic E-state index is -0.0895. The number of hydrogen-bond donors (Lipinski definition) is 1. The van der Waals surface area contributed by atoms with Gasteiger partial charge >= 0.3 is 0 Å². The van der Waals surface area contributed by atoms with Crippen LogP contribution in [0.4, 0.5) is 0 Å². The molecule has 0 spiro atoms. The van der Waals surface area contributed by atoms with E-state index in [9.17, 15) is 9.59 Å². The van der Waals surface area contributed by atoms with E-state index in [1.165, 1.54) is 0 Å². The van der Waals surface area contributed by atoms with Crippen molar-refractivity contribution < 1.29 is 9.59 Å². The zero-order chi connectivity index (χ0) is 28.6. The number of nitrogens with one attached hydrogen (secondary N) is 1. The SMILES string of the molecule is CN(C)CCCCn1c(C(=O)NCCCN2CCCC2=O)c(C(c2ccccc2)c2ccccc2)c2ccccc21. The van der Waals surface area contributed by atoms with Gasteiger partial charge in [-0.2, -0.15) is 0 Å². The molecule has 3 aromatic carbocycles. The maximum Gasteiger partial charge on any atom is 0.268 e. The van der Waals surface area contributed by atoms with Crippen molar-refractivity contribution in [3.63, 3.8) is 0 Å². The highest BCUT2D eigenvalue weighted by atomic mass is 16.2. The first-order valence-electron chi connectivity index (χ1n) is 15.0. The smallest absolute Gasteiger partial charge is 0.268 e. The first-order chi connectivity index (χ1) is 20.0. The Bertz CT molecular complexity index is 1410. The van der Waals surface area contributed by atoms with Crippen molar-refractivity contribution in [2.45, 2.75) is 44.6 Å². The number of carbonyl (C=O) groups excluding carboxylic acids is 2. The quantitative estimate of drug-likeness (QED) is 0.211. The molecule has 1 fully saturated rings.